The second-order valence-electron chi connectivity index (χ2n) is 4.99. The number of thioether (sulfide) groups is 1. The van der Waals surface area contributed by atoms with Crippen LogP contribution in [0.25, 0.3) is 10.6 Å². The number of nitrogens with one attached hydrogen (secondary N) is 1. The number of anilines is 1. The van der Waals surface area contributed by atoms with Gasteiger partial charge in [-0.3, -0.25) is 19.6 Å². The Balaban J connectivity index is 1.70. The van der Waals surface area contributed by atoms with Gasteiger partial charge >= 0.3 is 0 Å². The number of hydrogen-bond donors (Lipinski definition) is 1. The molecular formula is C14H15N3O2S2. The van der Waals surface area contributed by atoms with Gasteiger partial charge in [0.05, 0.1) is 10.6 Å². The van der Waals surface area contributed by atoms with Crippen molar-refractivity contribution < 1.29 is 9.59 Å². The van der Waals surface area contributed by atoms with Crippen LogP contribution in [0.3, 0.4) is 0 Å². The SMILES string of the molecule is CC(=O)SCC1CC(=O)N(c2cc(-c3cccs3)[nH]n2)C1. The van der Waals surface area contributed by atoms with Crippen molar-refractivity contribution in [1.82, 2.24) is 10.2 Å². The van der Waals surface area contributed by atoms with E-state index >= 15 is 0 Å². The van der Waals surface area contributed by atoms with Gasteiger partial charge in [0.25, 0.3) is 0 Å². The summed E-state index contributed by atoms with van der Waals surface area (Å²) in [4.78, 5) is 25.9. The molecule has 0 aromatic carbocycles. The van der Waals surface area contributed by atoms with Crippen molar-refractivity contribution in [3.63, 3.8) is 0 Å². The highest BCUT2D eigenvalue weighted by molar-refractivity contribution is 8.13. The van der Waals surface area contributed by atoms with E-state index in [4.69, 9.17) is 0 Å². The van der Waals surface area contributed by atoms with Crippen molar-refractivity contribution in [3.8, 4) is 10.6 Å². The van der Waals surface area contributed by atoms with E-state index in [9.17, 15) is 9.59 Å². The minimum atomic E-state index is 0.0772. The lowest BCUT2D eigenvalue weighted by Gasteiger charge is -2.12. The van der Waals surface area contributed by atoms with Crippen molar-refractivity contribution >= 4 is 39.9 Å². The molecule has 2 aromatic rings. The van der Waals surface area contributed by atoms with Gasteiger partial charge in [0, 0.05) is 31.7 Å². The smallest absolute Gasteiger partial charge is 0.228 e. The molecule has 1 aliphatic heterocycles. The molecule has 21 heavy (non-hydrogen) atoms. The van der Waals surface area contributed by atoms with Gasteiger partial charge in [-0.1, -0.05) is 17.8 Å². The summed E-state index contributed by atoms with van der Waals surface area (Å²) >= 11 is 2.92. The molecule has 1 aliphatic rings. The van der Waals surface area contributed by atoms with Crippen LogP contribution in [-0.2, 0) is 9.59 Å². The van der Waals surface area contributed by atoms with E-state index in [0.717, 1.165) is 10.6 Å². The summed E-state index contributed by atoms with van der Waals surface area (Å²) in [7, 11) is 0. The van der Waals surface area contributed by atoms with Crippen LogP contribution in [0.1, 0.15) is 13.3 Å². The zero-order valence-corrected chi connectivity index (χ0v) is 13.2. The number of H-pyrrole nitrogens is 1. The summed E-state index contributed by atoms with van der Waals surface area (Å²) < 4.78 is 0. The highest BCUT2D eigenvalue weighted by Gasteiger charge is 2.32. The Bertz CT molecular complexity index is 651. The lowest BCUT2D eigenvalue weighted by molar-refractivity contribution is -0.117. The molecule has 1 fully saturated rings. The summed E-state index contributed by atoms with van der Waals surface area (Å²) in [5.74, 6) is 1.65. The summed E-state index contributed by atoms with van der Waals surface area (Å²) in [6.07, 6.45) is 0.488. The maximum Gasteiger partial charge on any atom is 0.228 e. The van der Waals surface area contributed by atoms with Gasteiger partial charge in [0.2, 0.25) is 5.91 Å². The van der Waals surface area contributed by atoms with E-state index in [1.165, 1.54) is 11.8 Å². The number of carbonyl (C=O) groups excluding carboxylic acids is 2. The Kier molecular flexibility index (Phi) is 4.12. The van der Waals surface area contributed by atoms with Gasteiger partial charge < -0.3 is 0 Å². The summed E-state index contributed by atoms with van der Waals surface area (Å²) in [5, 5.41) is 9.33. The van der Waals surface area contributed by atoms with Crippen molar-refractivity contribution in [3.05, 3.63) is 23.6 Å². The molecule has 1 unspecified atom stereocenters. The normalized spacial score (nSPS) is 18.4. The second kappa shape index (κ2) is 6.03. The maximum absolute atomic E-state index is 12.1. The van der Waals surface area contributed by atoms with E-state index in [0.29, 0.717) is 24.5 Å². The fraction of sp³-hybridized carbons (Fsp3) is 0.357. The van der Waals surface area contributed by atoms with Crippen LogP contribution in [-0.4, -0.2) is 33.5 Å². The van der Waals surface area contributed by atoms with E-state index in [1.54, 1.807) is 23.2 Å². The third kappa shape index (κ3) is 3.19. The van der Waals surface area contributed by atoms with Crippen molar-refractivity contribution in [2.24, 2.45) is 5.92 Å². The molecular weight excluding hydrogens is 306 g/mol. The lowest BCUT2D eigenvalue weighted by atomic mass is 10.1. The van der Waals surface area contributed by atoms with E-state index in [1.807, 2.05) is 23.6 Å². The van der Waals surface area contributed by atoms with Gasteiger partial charge in [-0.25, -0.2) is 0 Å². The topological polar surface area (TPSA) is 66.1 Å². The number of amides is 1. The van der Waals surface area contributed by atoms with E-state index < -0.39 is 0 Å². The molecule has 1 N–H and O–H groups in total. The molecule has 2 aromatic heterocycles. The minimum Gasteiger partial charge on any atom is -0.295 e. The van der Waals surface area contributed by atoms with Crippen LogP contribution < -0.4 is 4.90 Å². The standard InChI is InChI=1S/C14H15N3O2S2/c1-9(18)21-8-10-5-14(19)17(7-10)13-6-11(15-16-13)12-3-2-4-20-12/h2-4,6,10H,5,7-8H2,1H3,(H,15,16). The summed E-state index contributed by atoms with van der Waals surface area (Å²) in [5.41, 5.74) is 0.925. The summed E-state index contributed by atoms with van der Waals surface area (Å²) in [6.45, 7) is 2.19. The first kappa shape index (κ1) is 14.3. The van der Waals surface area contributed by atoms with Gasteiger partial charge in [-0.15, -0.1) is 11.3 Å². The van der Waals surface area contributed by atoms with Crippen LogP contribution in [0.4, 0.5) is 5.82 Å². The third-order valence-electron chi connectivity index (χ3n) is 3.35. The molecule has 3 heterocycles. The number of hydrogen-bond acceptors (Lipinski definition) is 5. The quantitative estimate of drug-likeness (QED) is 0.940. The average Bonchev–Trinajstić information content (AvgIpc) is 3.16. The van der Waals surface area contributed by atoms with Gasteiger partial charge in [-0.2, -0.15) is 5.10 Å². The monoisotopic (exact) mass is 321 g/mol. The zero-order valence-electron chi connectivity index (χ0n) is 11.5. The fourth-order valence-corrected chi connectivity index (χ4v) is 3.74. The van der Waals surface area contributed by atoms with Crippen LogP contribution in [0, 0.1) is 5.92 Å². The molecule has 1 atom stereocenters. The Morgan fingerprint density at radius 3 is 3.19 bits per heavy atom. The highest BCUT2D eigenvalue weighted by atomic mass is 32.2. The molecule has 0 aliphatic carbocycles. The Hall–Kier alpha value is -1.60. The predicted octanol–water partition coefficient (Wildman–Crippen LogP) is 2.77. The predicted molar refractivity (Wildman–Crippen MR) is 85.5 cm³/mol. The van der Waals surface area contributed by atoms with Crippen molar-refractivity contribution in [2.45, 2.75) is 13.3 Å². The zero-order chi connectivity index (χ0) is 14.8. The average molecular weight is 321 g/mol. The van der Waals surface area contributed by atoms with Crippen LogP contribution in [0.15, 0.2) is 23.6 Å². The van der Waals surface area contributed by atoms with E-state index in [-0.39, 0.29) is 16.9 Å². The maximum atomic E-state index is 12.1. The number of nitrogens with zero attached hydrogens (tertiary/aromatic N) is 2. The van der Waals surface area contributed by atoms with Crippen LogP contribution in [0.5, 0.6) is 0 Å². The van der Waals surface area contributed by atoms with Gasteiger partial charge in [0.15, 0.2) is 10.9 Å². The lowest BCUT2D eigenvalue weighted by Crippen LogP contribution is -2.25. The summed E-state index contributed by atoms with van der Waals surface area (Å²) in [6, 6.07) is 5.90. The second-order valence-corrected chi connectivity index (χ2v) is 7.14. The van der Waals surface area contributed by atoms with Crippen molar-refractivity contribution in [2.75, 3.05) is 17.2 Å². The molecule has 0 bridgehead atoms. The highest BCUT2D eigenvalue weighted by Crippen LogP contribution is 2.30. The van der Waals surface area contributed by atoms with Gasteiger partial charge in [-0.05, 0) is 17.4 Å². The minimum absolute atomic E-state index is 0.0772. The molecule has 3 rings (SSSR count). The fourth-order valence-electron chi connectivity index (χ4n) is 2.36. The number of aromatic nitrogens is 2. The Labute approximate surface area is 130 Å². The number of thiophene rings is 1. The number of rotatable bonds is 4. The van der Waals surface area contributed by atoms with Crippen molar-refractivity contribution in [1.29, 1.82) is 0 Å². The number of aromatic amines is 1. The largest absolute Gasteiger partial charge is 0.295 e. The molecule has 7 heteroatoms. The number of carbonyl (C=O) groups is 2. The first-order valence-electron chi connectivity index (χ1n) is 6.66. The molecule has 110 valence electrons. The molecule has 0 radical (unpaired) electrons. The molecule has 0 saturated carbocycles. The van der Waals surface area contributed by atoms with Crippen LogP contribution in [0.2, 0.25) is 0 Å². The van der Waals surface area contributed by atoms with Gasteiger partial charge in [0.1, 0.15) is 0 Å². The first-order valence-corrected chi connectivity index (χ1v) is 8.53. The van der Waals surface area contributed by atoms with Crippen LogP contribution >= 0.6 is 23.1 Å². The Morgan fingerprint density at radius 2 is 2.48 bits per heavy atom. The molecule has 1 saturated heterocycles. The molecule has 0 spiro atoms. The third-order valence-corrected chi connectivity index (χ3v) is 5.30. The first-order chi connectivity index (χ1) is 10.1. The molecule has 1 amide bonds. The molecule has 5 nitrogen and oxygen atoms in total. The van der Waals surface area contributed by atoms with E-state index in [2.05, 4.69) is 10.2 Å². The Morgan fingerprint density at radius 1 is 1.62 bits per heavy atom.